The molecule has 0 N–H and O–H groups in total. The van der Waals surface area contributed by atoms with Gasteiger partial charge in [-0.15, -0.1) is 0 Å². The summed E-state index contributed by atoms with van der Waals surface area (Å²) < 4.78 is 5.54. The highest BCUT2D eigenvalue weighted by Crippen LogP contribution is 2.04. The minimum Gasteiger partial charge on any atom is -0.373 e. The van der Waals surface area contributed by atoms with E-state index < -0.39 is 0 Å². The van der Waals surface area contributed by atoms with Crippen LogP contribution in [0, 0.1) is 11.3 Å². The Labute approximate surface area is 97.2 Å². The summed E-state index contributed by atoms with van der Waals surface area (Å²) in [5.41, 5.74) is 1.17. The highest BCUT2D eigenvalue weighted by molar-refractivity contribution is 5.48. The zero-order valence-electron chi connectivity index (χ0n) is 9.60. The molecule has 1 rings (SSSR count). The molecule has 0 heterocycles. The van der Waals surface area contributed by atoms with Gasteiger partial charge >= 0.3 is 0 Å². The van der Waals surface area contributed by atoms with Crippen LogP contribution >= 0.6 is 0 Å². The van der Waals surface area contributed by atoms with Crippen LogP contribution in [0.25, 0.3) is 6.08 Å². The molecule has 16 heavy (non-hydrogen) atoms. The molecule has 2 nitrogen and oxygen atoms in total. The van der Waals surface area contributed by atoms with E-state index in [1.54, 1.807) is 0 Å². The Morgan fingerprint density at radius 2 is 2.12 bits per heavy atom. The highest BCUT2D eigenvalue weighted by Gasteiger charge is 2.03. The molecule has 84 valence electrons. The third kappa shape index (κ3) is 4.77. The van der Waals surface area contributed by atoms with Crippen molar-refractivity contribution in [3.63, 3.8) is 0 Å². The second-order valence-corrected chi connectivity index (χ2v) is 3.54. The minimum atomic E-state index is 0.0606. The molecule has 0 saturated carbocycles. The molecule has 1 aromatic carbocycles. The first-order chi connectivity index (χ1) is 7.86. The largest absolute Gasteiger partial charge is 0.373 e. The molecule has 0 aliphatic rings. The molecule has 1 unspecified atom stereocenters. The molecule has 2 heteroatoms. The van der Waals surface area contributed by atoms with E-state index in [0.717, 1.165) is 6.42 Å². The Morgan fingerprint density at radius 3 is 2.75 bits per heavy atom. The summed E-state index contributed by atoms with van der Waals surface area (Å²) >= 11 is 0. The standard InChI is InChI=1S/C14H17NO/c1-2-14(10-11-15)16-12-6-9-13-7-4-3-5-8-13/h3-9,14H,2,10,12H2,1H3/b9-6+. The molecule has 0 aliphatic carbocycles. The van der Waals surface area contributed by atoms with Crippen LogP contribution in [0.1, 0.15) is 25.3 Å². The van der Waals surface area contributed by atoms with Crippen molar-refractivity contribution in [2.45, 2.75) is 25.9 Å². The second kappa shape index (κ2) is 7.67. The molecule has 1 atom stereocenters. The molecule has 0 fully saturated rings. The zero-order chi connectivity index (χ0) is 11.6. The van der Waals surface area contributed by atoms with Gasteiger partial charge in [0.15, 0.2) is 0 Å². The van der Waals surface area contributed by atoms with Crippen molar-refractivity contribution < 1.29 is 4.74 Å². The van der Waals surface area contributed by atoms with Gasteiger partial charge in [0.05, 0.1) is 25.2 Å². The van der Waals surface area contributed by atoms with E-state index in [4.69, 9.17) is 10.00 Å². The van der Waals surface area contributed by atoms with Crippen LogP contribution in [0.3, 0.4) is 0 Å². The SMILES string of the molecule is CCC(CC#N)OC/C=C/c1ccccc1. The molecule has 0 aliphatic heterocycles. The number of ether oxygens (including phenoxy) is 1. The molecule has 0 bridgehead atoms. The van der Waals surface area contributed by atoms with Gasteiger partial charge in [0.1, 0.15) is 0 Å². The zero-order valence-corrected chi connectivity index (χ0v) is 9.60. The monoisotopic (exact) mass is 215 g/mol. The Hall–Kier alpha value is -1.59. The number of nitrogens with zero attached hydrogens (tertiary/aromatic N) is 1. The fourth-order valence-electron chi connectivity index (χ4n) is 1.36. The van der Waals surface area contributed by atoms with Gasteiger partial charge in [-0.25, -0.2) is 0 Å². The Bertz CT molecular complexity index is 351. The topological polar surface area (TPSA) is 33.0 Å². The van der Waals surface area contributed by atoms with Crippen molar-refractivity contribution in [2.24, 2.45) is 0 Å². The number of hydrogen-bond acceptors (Lipinski definition) is 2. The lowest BCUT2D eigenvalue weighted by Crippen LogP contribution is -2.10. The third-order valence-electron chi connectivity index (χ3n) is 2.31. The first-order valence-corrected chi connectivity index (χ1v) is 5.57. The average molecular weight is 215 g/mol. The van der Waals surface area contributed by atoms with Gasteiger partial charge in [0, 0.05) is 0 Å². The van der Waals surface area contributed by atoms with E-state index in [2.05, 4.69) is 6.07 Å². The van der Waals surface area contributed by atoms with Crippen LogP contribution in [0.2, 0.25) is 0 Å². The van der Waals surface area contributed by atoms with Gasteiger partial charge in [-0.2, -0.15) is 5.26 Å². The summed E-state index contributed by atoms with van der Waals surface area (Å²) in [6, 6.07) is 12.2. The van der Waals surface area contributed by atoms with E-state index in [-0.39, 0.29) is 6.10 Å². The predicted octanol–water partition coefficient (Wildman–Crippen LogP) is 3.41. The summed E-state index contributed by atoms with van der Waals surface area (Å²) in [6.07, 6.45) is 5.42. The summed E-state index contributed by atoms with van der Waals surface area (Å²) in [7, 11) is 0. The van der Waals surface area contributed by atoms with E-state index in [1.165, 1.54) is 5.56 Å². The van der Waals surface area contributed by atoms with Crippen LogP contribution in [0.4, 0.5) is 0 Å². The van der Waals surface area contributed by atoms with Crippen LogP contribution in [0.15, 0.2) is 36.4 Å². The average Bonchev–Trinajstić information content (AvgIpc) is 2.34. The van der Waals surface area contributed by atoms with E-state index in [9.17, 15) is 0 Å². The Balaban J connectivity index is 2.30. The van der Waals surface area contributed by atoms with Gasteiger partial charge in [-0.3, -0.25) is 0 Å². The van der Waals surface area contributed by atoms with Gasteiger partial charge in [-0.05, 0) is 12.0 Å². The van der Waals surface area contributed by atoms with Gasteiger partial charge in [-0.1, -0.05) is 49.4 Å². The van der Waals surface area contributed by atoms with Gasteiger partial charge < -0.3 is 4.74 Å². The number of nitriles is 1. The van der Waals surface area contributed by atoms with E-state index in [0.29, 0.717) is 13.0 Å². The molecule has 0 aromatic heterocycles. The van der Waals surface area contributed by atoms with Gasteiger partial charge in [0.25, 0.3) is 0 Å². The first-order valence-electron chi connectivity index (χ1n) is 5.57. The highest BCUT2D eigenvalue weighted by atomic mass is 16.5. The summed E-state index contributed by atoms with van der Waals surface area (Å²) in [5, 5.41) is 8.55. The van der Waals surface area contributed by atoms with Crippen LogP contribution in [-0.4, -0.2) is 12.7 Å². The lowest BCUT2D eigenvalue weighted by Gasteiger charge is -2.10. The van der Waals surface area contributed by atoms with Crippen molar-refractivity contribution in [3.05, 3.63) is 42.0 Å². The Morgan fingerprint density at radius 1 is 1.38 bits per heavy atom. The number of benzene rings is 1. The van der Waals surface area contributed by atoms with Gasteiger partial charge in [0.2, 0.25) is 0 Å². The van der Waals surface area contributed by atoms with Crippen molar-refractivity contribution in [2.75, 3.05) is 6.61 Å². The van der Waals surface area contributed by atoms with Crippen molar-refractivity contribution in [3.8, 4) is 6.07 Å². The number of hydrogen-bond donors (Lipinski definition) is 0. The summed E-state index contributed by atoms with van der Waals surface area (Å²) in [5.74, 6) is 0. The molecule has 1 aromatic rings. The van der Waals surface area contributed by atoms with E-state index >= 15 is 0 Å². The van der Waals surface area contributed by atoms with Crippen molar-refractivity contribution in [1.82, 2.24) is 0 Å². The molecular formula is C14H17NO. The molecule has 0 amide bonds. The first kappa shape index (κ1) is 12.5. The normalized spacial score (nSPS) is 12.5. The maximum atomic E-state index is 8.55. The second-order valence-electron chi connectivity index (χ2n) is 3.54. The lowest BCUT2D eigenvalue weighted by molar-refractivity contribution is 0.0754. The van der Waals surface area contributed by atoms with E-state index in [1.807, 2.05) is 49.4 Å². The molecule has 0 spiro atoms. The number of rotatable bonds is 6. The lowest BCUT2D eigenvalue weighted by atomic mass is 10.2. The van der Waals surface area contributed by atoms with Crippen molar-refractivity contribution >= 4 is 6.08 Å². The molecular weight excluding hydrogens is 198 g/mol. The van der Waals surface area contributed by atoms with Crippen LogP contribution < -0.4 is 0 Å². The van der Waals surface area contributed by atoms with Crippen LogP contribution in [0.5, 0.6) is 0 Å². The quantitative estimate of drug-likeness (QED) is 0.728. The maximum Gasteiger partial charge on any atom is 0.0706 e. The third-order valence-corrected chi connectivity index (χ3v) is 2.31. The van der Waals surface area contributed by atoms with Crippen LogP contribution in [-0.2, 0) is 4.74 Å². The fourth-order valence-corrected chi connectivity index (χ4v) is 1.36. The fraction of sp³-hybridized carbons (Fsp3) is 0.357. The predicted molar refractivity (Wildman–Crippen MR) is 65.7 cm³/mol. The molecule has 0 radical (unpaired) electrons. The minimum absolute atomic E-state index is 0.0606. The Kier molecular flexibility index (Phi) is 5.98. The summed E-state index contributed by atoms with van der Waals surface area (Å²) in [6.45, 7) is 2.60. The maximum absolute atomic E-state index is 8.55. The molecule has 0 saturated heterocycles. The van der Waals surface area contributed by atoms with Crippen molar-refractivity contribution in [1.29, 1.82) is 5.26 Å². The smallest absolute Gasteiger partial charge is 0.0706 e. The summed E-state index contributed by atoms with van der Waals surface area (Å²) in [4.78, 5) is 0.